The molecule has 0 aliphatic carbocycles. The van der Waals surface area contributed by atoms with E-state index in [4.69, 9.17) is 0 Å². The summed E-state index contributed by atoms with van der Waals surface area (Å²) in [6.45, 7) is 3.36. The summed E-state index contributed by atoms with van der Waals surface area (Å²) in [6, 6.07) is 1.52. The van der Waals surface area contributed by atoms with Gasteiger partial charge in [-0.3, -0.25) is 0 Å². The number of phenolic OH excluding ortho intramolecular Hbond substituents is 2. The molecule has 0 atom stereocenters. The van der Waals surface area contributed by atoms with Gasteiger partial charge >= 0.3 is 0 Å². The number of aromatic amines is 1. The lowest BCUT2D eigenvalue weighted by Crippen LogP contribution is -1.84. The van der Waals surface area contributed by atoms with Gasteiger partial charge in [0.05, 0.1) is 5.52 Å². The van der Waals surface area contributed by atoms with Gasteiger partial charge in [-0.2, -0.15) is 0 Å². The third kappa shape index (κ3) is 0.937. The monoisotopic (exact) mass is 193 g/mol. The highest BCUT2D eigenvalue weighted by Gasteiger charge is 2.15. The lowest BCUT2D eigenvalue weighted by molar-refractivity contribution is 0.400. The Morgan fingerprint density at radius 1 is 1.00 bits per heavy atom. The second-order valence-electron chi connectivity index (χ2n) is 3.39. The largest absolute Gasteiger partial charge is 0.504 e. The molecule has 0 spiro atoms. The van der Waals surface area contributed by atoms with Crippen LogP contribution in [0.5, 0.6) is 17.4 Å². The third-order valence-electron chi connectivity index (χ3n) is 2.52. The van der Waals surface area contributed by atoms with Crippen LogP contribution in [-0.2, 0) is 0 Å². The van der Waals surface area contributed by atoms with E-state index < -0.39 is 0 Å². The predicted octanol–water partition coefficient (Wildman–Crippen LogP) is 1.90. The van der Waals surface area contributed by atoms with Crippen molar-refractivity contribution in [2.45, 2.75) is 13.8 Å². The molecule has 74 valence electrons. The van der Waals surface area contributed by atoms with E-state index in [0.717, 1.165) is 5.39 Å². The highest BCUT2D eigenvalue weighted by Crippen LogP contribution is 2.39. The Hall–Kier alpha value is -1.84. The molecule has 0 aliphatic rings. The summed E-state index contributed by atoms with van der Waals surface area (Å²) in [6.07, 6.45) is 0. The molecule has 2 aromatic rings. The van der Waals surface area contributed by atoms with E-state index in [0.29, 0.717) is 16.6 Å². The van der Waals surface area contributed by atoms with Crippen LogP contribution in [0, 0.1) is 13.8 Å². The Balaban J connectivity index is 3.01. The number of rotatable bonds is 0. The second kappa shape index (κ2) is 2.57. The van der Waals surface area contributed by atoms with Crippen LogP contribution in [0.25, 0.3) is 10.9 Å². The first-order chi connectivity index (χ1) is 6.52. The summed E-state index contributed by atoms with van der Waals surface area (Å²) in [5, 5.41) is 29.1. The standard InChI is InChI=1S/C10H11NO3/c1-4-6-3-7(12)11-8(6)5(2)10(14)9(4)13/h3,11-14H,1-2H3. The summed E-state index contributed by atoms with van der Waals surface area (Å²) in [5.41, 5.74) is 1.73. The zero-order valence-electron chi connectivity index (χ0n) is 7.92. The van der Waals surface area contributed by atoms with E-state index in [1.165, 1.54) is 6.07 Å². The topological polar surface area (TPSA) is 76.5 Å². The fourth-order valence-electron chi connectivity index (χ4n) is 1.63. The van der Waals surface area contributed by atoms with E-state index in [2.05, 4.69) is 4.98 Å². The van der Waals surface area contributed by atoms with Crippen LogP contribution in [0.3, 0.4) is 0 Å². The molecule has 2 rings (SSSR count). The number of aryl methyl sites for hydroxylation is 2. The average molecular weight is 193 g/mol. The third-order valence-corrected chi connectivity index (χ3v) is 2.52. The first kappa shape index (κ1) is 8.74. The van der Waals surface area contributed by atoms with Crippen molar-refractivity contribution < 1.29 is 15.3 Å². The minimum absolute atomic E-state index is 0.0243. The van der Waals surface area contributed by atoms with Gasteiger partial charge in [0, 0.05) is 22.6 Å². The molecule has 0 radical (unpaired) electrons. The SMILES string of the molecule is Cc1c(O)c(O)c(C)c2[nH]c(O)cc12. The van der Waals surface area contributed by atoms with Crippen LogP contribution in [0.2, 0.25) is 0 Å². The lowest BCUT2D eigenvalue weighted by Gasteiger charge is -2.06. The first-order valence-corrected chi connectivity index (χ1v) is 4.25. The normalized spacial score (nSPS) is 11.0. The van der Waals surface area contributed by atoms with Crippen molar-refractivity contribution >= 4 is 10.9 Å². The van der Waals surface area contributed by atoms with Gasteiger partial charge in [-0.05, 0) is 13.8 Å². The van der Waals surface area contributed by atoms with Crippen LogP contribution in [0.15, 0.2) is 6.07 Å². The van der Waals surface area contributed by atoms with Crippen LogP contribution in [-0.4, -0.2) is 20.3 Å². The molecule has 4 heteroatoms. The van der Waals surface area contributed by atoms with Crippen molar-refractivity contribution in [3.63, 3.8) is 0 Å². The lowest BCUT2D eigenvalue weighted by atomic mass is 10.1. The van der Waals surface area contributed by atoms with E-state index >= 15 is 0 Å². The fraction of sp³-hybridized carbons (Fsp3) is 0.200. The molecule has 0 unspecified atom stereocenters. The molecule has 0 saturated carbocycles. The van der Waals surface area contributed by atoms with Crippen molar-refractivity contribution in [1.82, 2.24) is 4.98 Å². The highest BCUT2D eigenvalue weighted by molar-refractivity contribution is 5.91. The van der Waals surface area contributed by atoms with Crippen molar-refractivity contribution in [2.75, 3.05) is 0 Å². The molecule has 14 heavy (non-hydrogen) atoms. The molecule has 0 fully saturated rings. The first-order valence-electron chi connectivity index (χ1n) is 4.25. The summed E-state index contributed by atoms with van der Waals surface area (Å²) >= 11 is 0. The Bertz CT molecular complexity index is 469. The van der Waals surface area contributed by atoms with Gasteiger partial charge in [-0.15, -0.1) is 0 Å². The summed E-state index contributed by atoms with van der Waals surface area (Å²) in [5.74, 6) is -0.248. The zero-order valence-corrected chi connectivity index (χ0v) is 7.92. The van der Waals surface area contributed by atoms with Gasteiger partial charge in [0.1, 0.15) is 0 Å². The Morgan fingerprint density at radius 3 is 2.21 bits per heavy atom. The molecule has 4 nitrogen and oxygen atoms in total. The van der Waals surface area contributed by atoms with Crippen LogP contribution in [0.4, 0.5) is 0 Å². The van der Waals surface area contributed by atoms with Gasteiger partial charge < -0.3 is 20.3 Å². The van der Waals surface area contributed by atoms with Crippen LogP contribution >= 0.6 is 0 Å². The number of aromatic nitrogens is 1. The van der Waals surface area contributed by atoms with Crippen LogP contribution < -0.4 is 0 Å². The molecule has 0 saturated heterocycles. The molecular weight excluding hydrogens is 182 g/mol. The minimum Gasteiger partial charge on any atom is -0.504 e. The maximum Gasteiger partial charge on any atom is 0.189 e. The number of hydrogen-bond acceptors (Lipinski definition) is 3. The molecular formula is C10H11NO3. The van der Waals surface area contributed by atoms with Gasteiger partial charge in [0.2, 0.25) is 0 Å². The van der Waals surface area contributed by atoms with E-state index in [9.17, 15) is 15.3 Å². The number of benzene rings is 1. The minimum atomic E-state index is -0.142. The number of fused-ring (bicyclic) bond motifs is 1. The maximum atomic E-state index is 9.55. The Labute approximate surface area is 80.4 Å². The predicted molar refractivity (Wildman–Crippen MR) is 52.8 cm³/mol. The summed E-state index contributed by atoms with van der Waals surface area (Å²) in [7, 11) is 0. The fourth-order valence-corrected chi connectivity index (χ4v) is 1.63. The number of phenols is 2. The second-order valence-corrected chi connectivity index (χ2v) is 3.39. The van der Waals surface area contributed by atoms with Crippen molar-refractivity contribution in [2.24, 2.45) is 0 Å². The highest BCUT2D eigenvalue weighted by atomic mass is 16.3. The number of aromatic hydroxyl groups is 3. The van der Waals surface area contributed by atoms with E-state index in [1.54, 1.807) is 13.8 Å². The molecule has 1 aromatic carbocycles. The van der Waals surface area contributed by atoms with Crippen molar-refractivity contribution in [3.05, 3.63) is 17.2 Å². The maximum absolute atomic E-state index is 9.55. The van der Waals surface area contributed by atoms with Gasteiger partial charge in [-0.25, -0.2) is 0 Å². The van der Waals surface area contributed by atoms with Gasteiger partial charge in [-0.1, -0.05) is 0 Å². The molecule has 0 bridgehead atoms. The van der Waals surface area contributed by atoms with Crippen molar-refractivity contribution in [1.29, 1.82) is 0 Å². The molecule has 0 amide bonds. The summed E-state index contributed by atoms with van der Waals surface area (Å²) < 4.78 is 0. The van der Waals surface area contributed by atoms with Crippen molar-refractivity contribution in [3.8, 4) is 17.4 Å². The number of hydrogen-bond donors (Lipinski definition) is 4. The van der Waals surface area contributed by atoms with Gasteiger partial charge in [0.15, 0.2) is 17.4 Å². The Morgan fingerprint density at radius 2 is 1.57 bits per heavy atom. The molecule has 1 heterocycles. The molecule has 1 aromatic heterocycles. The zero-order chi connectivity index (χ0) is 10.5. The van der Waals surface area contributed by atoms with E-state index in [-0.39, 0.29) is 17.4 Å². The average Bonchev–Trinajstić information content (AvgIpc) is 2.54. The van der Waals surface area contributed by atoms with E-state index in [1.807, 2.05) is 0 Å². The molecule has 0 aliphatic heterocycles. The Kier molecular flexibility index (Phi) is 1.61. The quantitative estimate of drug-likeness (QED) is 0.482. The number of nitrogens with one attached hydrogen (secondary N) is 1. The van der Waals surface area contributed by atoms with Crippen LogP contribution in [0.1, 0.15) is 11.1 Å². The number of H-pyrrole nitrogens is 1. The summed E-state index contributed by atoms with van der Waals surface area (Å²) in [4.78, 5) is 2.72. The van der Waals surface area contributed by atoms with Gasteiger partial charge in [0.25, 0.3) is 0 Å². The molecule has 4 N–H and O–H groups in total. The smallest absolute Gasteiger partial charge is 0.189 e.